The molecule has 0 aromatic heterocycles. The predicted molar refractivity (Wildman–Crippen MR) is 88.9 cm³/mol. The fourth-order valence-corrected chi connectivity index (χ4v) is 2.74. The summed E-state index contributed by atoms with van der Waals surface area (Å²) in [5.41, 5.74) is 1.62. The van der Waals surface area contributed by atoms with Crippen LogP contribution in [0.25, 0.3) is 0 Å². The highest BCUT2D eigenvalue weighted by Crippen LogP contribution is 2.27. The van der Waals surface area contributed by atoms with Crippen LogP contribution in [-0.2, 0) is 4.74 Å². The highest BCUT2D eigenvalue weighted by atomic mass is 19.1. The molecule has 3 rings (SSSR count). The van der Waals surface area contributed by atoms with E-state index in [4.69, 9.17) is 9.47 Å². The van der Waals surface area contributed by atoms with E-state index in [1.165, 1.54) is 24.3 Å². The van der Waals surface area contributed by atoms with Gasteiger partial charge in [-0.1, -0.05) is 12.1 Å². The topological polar surface area (TPSA) is 59.6 Å². The zero-order valence-corrected chi connectivity index (χ0v) is 13.3. The predicted octanol–water partition coefficient (Wildman–Crippen LogP) is 3.14. The van der Waals surface area contributed by atoms with Crippen LogP contribution in [0.3, 0.4) is 0 Å². The Bertz CT molecular complexity index is 688. The highest BCUT2D eigenvalue weighted by molar-refractivity contribution is 5.89. The number of halogens is 1. The minimum atomic E-state index is -0.343. The van der Waals surface area contributed by atoms with Crippen molar-refractivity contribution >= 4 is 11.7 Å². The maximum absolute atomic E-state index is 12.9. The summed E-state index contributed by atoms with van der Waals surface area (Å²) in [6.45, 7) is 1.00. The normalized spacial score (nSPS) is 19.8. The van der Waals surface area contributed by atoms with Crippen molar-refractivity contribution in [2.24, 2.45) is 0 Å². The van der Waals surface area contributed by atoms with E-state index in [-0.39, 0.29) is 23.8 Å². The van der Waals surface area contributed by atoms with Crippen molar-refractivity contribution in [3.63, 3.8) is 0 Å². The minimum Gasteiger partial charge on any atom is -0.497 e. The fourth-order valence-electron chi connectivity index (χ4n) is 2.74. The van der Waals surface area contributed by atoms with Gasteiger partial charge in [0.1, 0.15) is 11.6 Å². The van der Waals surface area contributed by atoms with E-state index in [1.54, 1.807) is 7.11 Å². The molecule has 5 nitrogen and oxygen atoms in total. The number of anilines is 1. The largest absolute Gasteiger partial charge is 0.497 e. The third kappa shape index (κ3) is 3.83. The summed E-state index contributed by atoms with van der Waals surface area (Å²) in [5.74, 6) is 0.524. The molecule has 2 aromatic carbocycles. The summed E-state index contributed by atoms with van der Waals surface area (Å²) in [6, 6.07) is 12.9. The molecule has 2 N–H and O–H groups in total. The first kappa shape index (κ1) is 16.3. The Balaban J connectivity index is 1.62. The molecule has 2 aromatic rings. The highest BCUT2D eigenvalue weighted by Gasteiger charge is 2.30. The van der Waals surface area contributed by atoms with Gasteiger partial charge in [0.15, 0.2) is 0 Å². The van der Waals surface area contributed by atoms with Crippen LogP contribution in [0.1, 0.15) is 11.5 Å². The molecule has 0 aliphatic carbocycles. The number of hydrogen-bond donors (Lipinski definition) is 2. The number of amides is 2. The van der Waals surface area contributed by atoms with Gasteiger partial charge in [0.25, 0.3) is 0 Å². The number of benzene rings is 2. The smallest absolute Gasteiger partial charge is 0.319 e. The Hall–Kier alpha value is -2.60. The van der Waals surface area contributed by atoms with Crippen LogP contribution >= 0.6 is 0 Å². The molecule has 1 heterocycles. The monoisotopic (exact) mass is 330 g/mol. The van der Waals surface area contributed by atoms with Crippen LogP contribution in [0.4, 0.5) is 14.9 Å². The van der Waals surface area contributed by atoms with Crippen LogP contribution in [0.15, 0.2) is 48.5 Å². The Kier molecular flexibility index (Phi) is 4.96. The number of urea groups is 1. The third-order valence-electron chi connectivity index (χ3n) is 4.04. The average molecular weight is 330 g/mol. The molecule has 0 unspecified atom stereocenters. The molecule has 1 fully saturated rings. The number of nitrogens with one attached hydrogen (secondary N) is 2. The van der Waals surface area contributed by atoms with Crippen molar-refractivity contribution < 1.29 is 18.7 Å². The number of ether oxygens (including phenoxy) is 2. The molecular formula is C18H19FN2O3. The van der Waals surface area contributed by atoms with Gasteiger partial charge in [-0.2, -0.15) is 0 Å². The lowest BCUT2D eigenvalue weighted by molar-refractivity contribution is 0.187. The zero-order chi connectivity index (χ0) is 16.9. The summed E-state index contributed by atoms with van der Waals surface area (Å²) >= 11 is 0. The number of carbonyl (C=O) groups is 1. The maximum atomic E-state index is 12.9. The van der Waals surface area contributed by atoms with Crippen LogP contribution in [0.2, 0.25) is 0 Å². The summed E-state index contributed by atoms with van der Waals surface area (Å²) in [5, 5.41) is 5.61. The number of methoxy groups -OCH3 is 1. The third-order valence-corrected chi connectivity index (χ3v) is 4.04. The zero-order valence-electron chi connectivity index (χ0n) is 13.3. The second-order valence-corrected chi connectivity index (χ2v) is 5.63. The first-order chi connectivity index (χ1) is 11.7. The second-order valence-electron chi connectivity index (χ2n) is 5.63. The van der Waals surface area contributed by atoms with Gasteiger partial charge in [0.05, 0.1) is 26.4 Å². The molecule has 126 valence electrons. The molecular weight excluding hydrogens is 311 g/mol. The summed E-state index contributed by atoms with van der Waals surface area (Å²) in [6.07, 6.45) is 0. The molecule has 6 heteroatoms. The second kappa shape index (κ2) is 7.31. The van der Waals surface area contributed by atoms with Crippen LogP contribution in [-0.4, -0.2) is 32.4 Å². The van der Waals surface area contributed by atoms with Crippen LogP contribution < -0.4 is 15.4 Å². The van der Waals surface area contributed by atoms with Gasteiger partial charge in [-0.25, -0.2) is 9.18 Å². The van der Waals surface area contributed by atoms with Gasteiger partial charge in [0.2, 0.25) is 0 Å². The molecule has 1 saturated heterocycles. The summed E-state index contributed by atoms with van der Waals surface area (Å²) in [4.78, 5) is 12.1. The van der Waals surface area contributed by atoms with Gasteiger partial charge < -0.3 is 20.1 Å². The molecule has 1 aliphatic heterocycles. The van der Waals surface area contributed by atoms with E-state index in [2.05, 4.69) is 10.6 Å². The SMILES string of the molecule is COc1ccc([C@@H]2COC[C@@H]2NC(=O)Nc2ccc(F)cc2)cc1. The van der Waals surface area contributed by atoms with Crippen molar-refractivity contribution in [2.45, 2.75) is 12.0 Å². The van der Waals surface area contributed by atoms with E-state index >= 15 is 0 Å². The van der Waals surface area contributed by atoms with Gasteiger partial charge >= 0.3 is 6.03 Å². The first-order valence-electron chi connectivity index (χ1n) is 7.70. The van der Waals surface area contributed by atoms with Crippen molar-refractivity contribution in [3.8, 4) is 5.75 Å². The van der Waals surface area contributed by atoms with Crippen molar-refractivity contribution in [3.05, 3.63) is 59.9 Å². The molecule has 24 heavy (non-hydrogen) atoms. The standard InChI is InChI=1S/C18H19FN2O3/c1-23-15-8-2-12(3-9-15)16-10-24-11-17(16)21-18(22)20-14-6-4-13(19)5-7-14/h2-9,16-17H,10-11H2,1H3,(H2,20,21,22)/t16-,17-/m0/s1. The minimum absolute atomic E-state index is 0.0786. The van der Waals surface area contributed by atoms with E-state index in [0.717, 1.165) is 11.3 Å². The first-order valence-corrected chi connectivity index (χ1v) is 7.70. The molecule has 2 amide bonds. The Labute approximate surface area is 139 Å². The van der Waals surface area contributed by atoms with Crippen LogP contribution in [0, 0.1) is 5.82 Å². The van der Waals surface area contributed by atoms with E-state index < -0.39 is 0 Å². The lowest BCUT2D eigenvalue weighted by Crippen LogP contribution is -2.41. The van der Waals surface area contributed by atoms with E-state index in [1.807, 2.05) is 24.3 Å². The van der Waals surface area contributed by atoms with Gasteiger partial charge in [-0.3, -0.25) is 0 Å². The molecule has 0 radical (unpaired) electrons. The van der Waals surface area contributed by atoms with Gasteiger partial charge in [-0.05, 0) is 42.0 Å². The van der Waals surface area contributed by atoms with Gasteiger partial charge in [-0.15, -0.1) is 0 Å². The van der Waals surface area contributed by atoms with Crippen molar-refractivity contribution in [1.29, 1.82) is 0 Å². The summed E-state index contributed by atoms with van der Waals surface area (Å²) < 4.78 is 23.6. The number of carbonyl (C=O) groups excluding carboxylic acids is 1. The van der Waals surface area contributed by atoms with Crippen molar-refractivity contribution in [1.82, 2.24) is 5.32 Å². The maximum Gasteiger partial charge on any atom is 0.319 e. The molecule has 0 saturated carbocycles. The lowest BCUT2D eigenvalue weighted by Gasteiger charge is -2.20. The van der Waals surface area contributed by atoms with Gasteiger partial charge in [0, 0.05) is 11.6 Å². The lowest BCUT2D eigenvalue weighted by atomic mass is 9.94. The van der Waals surface area contributed by atoms with E-state index in [9.17, 15) is 9.18 Å². The van der Waals surface area contributed by atoms with E-state index in [0.29, 0.717) is 18.9 Å². The fraction of sp³-hybridized carbons (Fsp3) is 0.278. The van der Waals surface area contributed by atoms with Crippen molar-refractivity contribution in [2.75, 3.05) is 25.6 Å². The molecule has 1 aliphatic rings. The number of hydrogen-bond acceptors (Lipinski definition) is 3. The van der Waals surface area contributed by atoms with Crippen LogP contribution in [0.5, 0.6) is 5.75 Å². The number of rotatable bonds is 4. The summed E-state index contributed by atoms with van der Waals surface area (Å²) in [7, 11) is 1.62. The Morgan fingerprint density at radius 2 is 1.83 bits per heavy atom. The molecule has 0 spiro atoms. The Morgan fingerprint density at radius 1 is 1.12 bits per heavy atom. The average Bonchev–Trinajstić information content (AvgIpc) is 3.05. The molecule has 0 bridgehead atoms. The quantitative estimate of drug-likeness (QED) is 0.905. The Morgan fingerprint density at radius 3 is 2.50 bits per heavy atom. The molecule has 2 atom stereocenters.